The minimum Gasteiger partial charge on any atom is -0.462 e. The first-order valence-corrected chi connectivity index (χ1v) is 10.0. The molecule has 0 heterocycles. The summed E-state index contributed by atoms with van der Waals surface area (Å²) in [4.78, 5) is 14.9. The maximum atomic E-state index is 12.8. The Morgan fingerprint density at radius 1 is 0.862 bits per heavy atom. The SMILES string of the molecule is CCOC(=O)/C(=C/N(Cc1ccccc1)Cc1ccccc1)c1ccccc1Cl. The van der Waals surface area contributed by atoms with Crippen molar-refractivity contribution in [3.05, 3.63) is 113 Å². The van der Waals surface area contributed by atoms with Gasteiger partial charge in [-0.2, -0.15) is 0 Å². The van der Waals surface area contributed by atoms with Crippen molar-refractivity contribution in [2.45, 2.75) is 20.0 Å². The van der Waals surface area contributed by atoms with Crippen LogP contribution in [-0.2, 0) is 22.6 Å². The van der Waals surface area contributed by atoms with E-state index in [1.807, 2.05) is 60.8 Å². The fraction of sp³-hybridized carbons (Fsp3) is 0.160. The Labute approximate surface area is 177 Å². The number of rotatable bonds is 8. The molecule has 29 heavy (non-hydrogen) atoms. The van der Waals surface area contributed by atoms with Gasteiger partial charge in [0.1, 0.15) is 0 Å². The van der Waals surface area contributed by atoms with Gasteiger partial charge in [-0.05, 0) is 24.1 Å². The zero-order valence-electron chi connectivity index (χ0n) is 16.4. The largest absolute Gasteiger partial charge is 0.462 e. The maximum Gasteiger partial charge on any atom is 0.340 e. The number of halogens is 1. The van der Waals surface area contributed by atoms with Crippen LogP contribution in [0.15, 0.2) is 91.1 Å². The van der Waals surface area contributed by atoms with Crippen LogP contribution in [0.3, 0.4) is 0 Å². The summed E-state index contributed by atoms with van der Waals surface area (Å²) >= 11 is 6.40. The molecule has 3 rings (SSSR count). The fourth-order valence-electron chi connectivity index (χ4n) is 3.09. The van der Waals surface area contributed by atoms with E-state index in [1.54, 1.807) is 13.0 Å². The molecule has 0 fully saturated rings. The quantitative estimate of drug-likeness (QED) is 0.342. The van der Waals surface area contributed by atoms with Crippen molar-refractivity contribution in [2.75, 3.05) is 6.61 Å². The molecule has 3 nitrogen and oxygen atoms in total. The predicted octanol–water partition coefficient (Wildman–Crippen LogP) is 5.95. The molecule has 3 aromatic rings. The molecule has 0 aliphatic heterocycles. The molecule has 4 heteroatoms. The molecule has 148 valence electrons. The molecule has 0 bridgehead atoms. The summed E-state index contributed by atoms with van der Waals surface area (Å²) in [6, 6.07) is 27.7. The molecule has 0 radical (unpaired) electrons. The Morgan fingerprint density at radius 3 is 1.90 bits per heavy atom. The van der Waals surface area contributed by atoms with Crippen molar-refractivity contribution in [2.24, 2.45) is 0 Å². The van der Waals surface area contributed by atoms with Gasteiger partial charge >= 0.3 is 5.97 Å². The molecule has 0 atom stereocenters. The molecule has 0 saturated carbocycles. The second-order valence-electron chi connectivity index (χ2n) is 6.62. The second kappa shape index (κ2) is 10.5. The predicted molar refractivity (Wildman–Crippen MR) is 118 cm³/mol. The van der Waals surface area contributed by atoms with Crippen LogP contribution in [0, 0.1) is 0 Å². The highest BCUT2D eigenvalue weighted by atomic mass is 35.5. The molecule has 0 spiro atoms. The molecule has 0 N–H and O–H groups in total. The van der Waals surface area contributed by atoms with E-state index in [2.05, 4.69) is 29.2 Å². The number of ether oxygens (including phenoxy) is 1. The monoisotopic (exact) mass is 405 g/mol. The molecule has 0 aliphatic rings. The van der Waals surface area contributed by atoms with Crippen LogP contribution in [0.2, 0.25) is 5.02 Å². The Balaban J connectivity index is 2.00. The summed E-state index contributed by atoms with van der Waals surface area (Å²) in [5, 5.41) is 0.520. The first-order chi connectivity index (χ1) is 14.2. The third-order valence-corrected chi connectivity index (χ3v) is 4.76. The molecule has 0 aromatic heterocycles. The van der Waals surface area contributed by atoms with Crippen LogP contribution in [0.4, 0.5) is 0 Å². The van der Waals surface area contributed by atoms with Crippen LogP contribution in [0.1, 0.15) is 23.6 Å². The van der Waals surface area contributed by atoms with E-state index in [0.29, 0.717) is 35.9 Å². The minimum absolute atomic E-state index is 0.304. The molecular formula is C25H24ClNO2. The summed E-state index contributed by atoms with van der Waals surface area (Å²) in [6.45, 7) is 3.41. The van der Waals surface area contributed by atoms with Gasteiger partial charge in [-0.3, -0.25) is 0 Å². The summed E-state index contributed by atoms with van der Waals surface area (Å²) in [5.41, 5.74) is 3.42. The van der Waals surface area contributed by atoms with Crippen LogP contribution in [0.25, 0.3) is 5.57 Å². The van der Waals surface area contributed by atoms with E-state index in [9.17, 15) is 4.79 Å². The van der Waals surface area contributed by atoms with E-state index in [0.717, 1.165) is 11.1 Å². The smallest absolute Gasteiger partial charge is 0.340 e. The molecule has 0 saturated heterocycles. The van der Waals surface area contributed by atoms with Crippen LogP contribution in [0.5, 0.6) is 0 Å². The molecule has 0 amide bonds. The third-order valence-electron chi connectivity index (χ3n) is 4.43. The maximum absolute atomic E-state index is 12.8. The third kappa shape index (κ3) is 5.97. The topological polar surface area (TPSA) is 29.5 Å². The fourth-order valence-corrected chi connectivity index (χ4v) is 3.32. The van der Waals surface area contributed by atoms with Gasteiger partial charge in [-0.1, -0.05) is 90.5 Å². The Bertz CT molecular complexity index is 913. The number of carbonyl (C=O) groups excluding carboxylic acids is 1. The van der Waals surface area contributed by atoms with Crippen LogP contribution >= 0.6 is 11.6 Å². The van der Waals surface area contributed by atoms with Gasteiger partial charge in [0.2, 0.25) is 0 Å². The van der Waals surface area contributed by atoms with Gasteiger partial charge < -0.3 is 9.64 Å². The lowest BCUT2D eigenvalue weighted by Gasteiger charge is -2.23. The molecular weight excluding hydrogens is 382 g/mol. The minimum atomic E-state index is -0.383. The van der Waals surface area contributed by atoms with Gasteiger partial charge in [0.15, 0.2) is 0 Å². The molecule has 0 unspecified atom stereocenters. The first-order valence-electron chi connectivity index (χ1n) is 9.63. The number of hydrogen-bond acceptors (Lipinski definition) is 3. The highest BCUT2D eigenvalue weighted by Crippen LogP contribution is 2.26. The van der Waals surface area contributed by atoms with Crippen LogP contribution in [-0.4, -0.2) is 17.5 Å². The highest BCUT2D eigenvalue weighted by Gasteiger charge is 2.18. The average molecular weight is 406 g/mol. The lowest BCUT2D eigenvalue weighted by molar-refractivity contribution is -0.136. The summed E-state index contributed by atoms with van der Waals surface area (Å²) < 4.78 is 5.32. The van der Waals surface area contributed by atoms with Crippen molar-refractivity contribution < 1.29 is 9.53 Å². The van der Waals surface area contributed by atoms with Gasteiger partial charge in [0.05, 0.1) is 12.2 Å². The number of esters is 1. The van der Waals surface area contributed by atoms with Gasteiger partial charge in [-0.15, -0.1) is 0 Å². The van der Waals surface area contributed by atoms with Gasteiger partial charge in [0.25, 0.3) is 0 Å². The Hall–Kier alpha value is -3.04. The van der Waals surface area contributed by atoms with Crippen LogP contribution < -0.4 is 0 Å². The standard InChI is InChI=1S/C25H24ClNO2/c1-2-29-25(28)23(22-15-9-10-16-24(22)26)19-27(17-20-11-5-3-6-12-20)18-21-13-7-4-8-14-21/h3-16,19H,2,17-18H2,1H3/b23-19+. The van der Waals surface area contributed by atoms with Crippen molar-refractivity contribution in [1.82, 2.24) is 4.90 Å². The van der Waals surface area contributed by atoms with Crippen molar-refractivity contribution in [3.63, 3.8) is 0 Å². The number of benzene rings is 3. The van der Waals surface area contributed by atoms with E-state index in [-0.39, 0.29) is 5.97 Å². The summed E-state index contributed by atoms with van der Waals surface area (Å²) in [7, 11) is 0. The normalized spacial score (nSPS) is 11.2. The lowest BCUT2D eigenvalue weighted by atomic mass is 10.1. The Kier molecular flexibility index (Phi) is 7.48. The zero-order chi connectivity index (χ0) is 20.5. The van der Waals surface area contributed by atoms with Crippen molar-refractivity contribution in [1.29, 1.82) is 0 Å². The van der Waals surface area contributed by atoms with E-state index >= 15 is 0 Å². The first kappa shape index (κ1) is 20.7. The van der Waals surface area contributed by atoms with Gasteiger partial charge in [-0.25, -0.2) is 4.79 Å². The highest BCUT2D eigenvalue weighted by molar-refractivity contribution is 6.34. The van der Waals surface area contributed by atoms with E-state index in [4.69, 9.17) is 16.3 Å². The summed E-state index contributed by atoms with van der Waals surface area (Å²) in [5.74, 6) is -0.383. The molecule has 3 aromatic carbocycles. The lowest BCUT2D eigenvalue weighted by Crippen LogP contribution is -2.19. The van der Waals surface area contributed by atoms with E-state index < -0.39 is 0 Å². The van der Waals surface area contributed by atoms with E-state index in [1.165, 1.54) is 0 Å². The second-order valence-corrected chi connectivity index (χ2v) is 7.03. The van der Waals surface area contributed by atoms with Gasteiger partial charge in [0, 0.05) is 29.9 Å². The van der Waals surface area contributed by atoms with Crippen molar-refractivity contribution in [3.8, 4) is 0 Å². The zero-order valence-corrected chi connectivity index (χ0v) is 17.2. The summed E-state index contributed by atoms with van der Waals surface area (Å²) in [6.07, 6.45) is 1.86. The molecule has 0 aliphatic carbocycles. The average Bonchev–Trinajstić information content (AvgIpc) is 2.74. The van der Waals surface area contributed by atoms with Crippen molar-refractivity contribution >= 4 is 23.1 Å². The number of nitrogens with zero attached hydrogens (tertiary/aromatic N) is 1. The number of carbonyl (C=O) groups is 1. The Morgan fingerprint density at radius 2 is 1.38 bits per heavy atom. The number of hydrogen-bond donors (Lipinski definition) is 0.